The largest absolute Gasteiger partial charge is 0.508 e. The van der Waals surface area contributed by atoms with E-state index in [9.17, 15) is 9.90 Å². The number of carbonyl (C=O) groups excluding carboxylic acids is 1. The quantitative estimate of drug-likeness (QED) is 0.536. The Hall–Kier alpha value is -3.34. The van der Waals surface area contributed by atoms with Gasteiger partial charge in [-0.05, 0) is 72.2 Å². The molecule has 1 aliphatic carbocycles. The maximum absolute atomic E-state index is 14.0. The summed E-state index contributed by atoms with van der Waals surface area (Å²) in [6.45, 7) is 4.70. The normalized spacial score (nSPS) is 15.2. The molecule has 1 amide bonds. The Morgan fingerprint density at radius 2 is 1.79 bits per heavy atom. The number of hydrogen-bond donors (Lipinski definition) is 1. The zero-order valence-corrected chi connectivity index (χ0v) is 20.0. The summed E-state index contributed by atoms with van der Waals surface area (Å²) in [5.41, 5.74) is 5.85. The highest BCUT2D eigenvalue weighted by molar-refractivity contribution is 5.98. The number of carbonyl (C=O) groups is 1. The molecule has 0 saturated heterocycles. The number of rotatable bonds is 6. The third-order valence-electron chi connectivity index (χ3n) is 6.51. The number of aromatic nitrogens is 1. The van der Waals surface area contributed by atoms with Crippen molar-refractivity contribution in [2.45, 2.75) is 51.5 Å². The molecule has 0 saturated carbocycles. The van der Waals surface area contributed by atoms with Gasteiger partial charge in [-0.15, -0.1) is 0 Å². The predicted molar refractivity (Wildman–Crippen MR) is 134 cm³/mol. The molecule has 1 N–H and O–H groups in total. The molecule has 1 aromatic heterocycles. The van der Waals surface area contributed by atoms with E-state index in [4.69, 9.17) is 0 Å². The van der Waals surface area contributed by atoms with Gasteiger partial charge in [-0.25, -0.2) is 0 Å². The first kappa shape index (κ1) is 22.8. The van der Waals surface area contributed by atoms with Gasteiger partial charge in [-0.1, -0.05) is 38.1 Å². The van der Waals surface area contributed by atoms with E-state index >= 15 is 0 Å². The molecule has 1 atom stereocenters. The molecule has 2 aromatic carbocycles. The predicted octanol–water partition coefficient (Wildman–Crippen LogP) is 5.63. The number of benzene rings is 2. The van der Waals surface area contributed by atoms with Crippen molar-refractivity contribution in [2.75, 3.05) is 23.9 Å². The van der Waals surface area contributed by atoms with E-state index in [0.29, 0.717) is 18.2 Å². The Balaban J connectivity index is 1.69. The lowest BCUT2D eigenvalue weighted by Crippen LogP contribution is -2.36. The smallest absolute Gasteiger partial charge is 0.234 e. The Labute approximate surface area is 196 Å². The fraction of sp³-hybridized carbons (Fsp3) is 0.357. The van der Waals surface area contributed by atoms with Crippen LogP contribution in [0, 0.1) is 0 Å². The minimum atomic E-state index is -0.272. The Morgan fingerprint density at radius 3 is 2.42 bits per heavy atom. The molecular formula is C28H33N3O2. The highest BCUT2D eigenvalue weighted by Crippen LogP contribution is 2.38. The van der Waals surface area contributed by atoms with Crippen LogP contribution in [0.2, 0.25) is 0 Å². The van der Waals surface area contributed by atoms with E-state index in [0.717, 1.165) is 53.0 Å². The summed E-state index contributed by atoms with van der Waals surface area (Å²) in [6.07, 6.45) is 4.29. The maximum atomic E-state index is 14.0. The van der Waals surface area contributed by atoms with Crippen molar-refractivity contribution in [2.24, 2.45) is 0 Å². The summed E-state index contributed by atoms with van der Waals surface area (Å²) in [5.74, 6) is 0.401. The van der Waals surface area contributed by atoms with Crippen molar-refractivity contribution in [1.29, 1.82) is 0 Å². The van der Waals surface area contributed by atoms with Crippen LogP contribution in [-0.2, 0) is 17.8 Å². The number of amides is 1. The summed E-state index contributed by atoms with van der Waals surface area (Å²) in [4.78, 5) is 22.5. The highest BCUT2D eigenvalue weighted by atomic mass is 16.3. The number of nitrogens with zero attached hydrogens (tertiary/aromatic N) is 3. The van der Waals surface area contributed by atoms with Crippen LogP contribution in [-0.4, -0.2) is 30.1 Å². The maximum Gasteiger partial charge on any atom is 0.234 e. The zero-order valence-electron chi connectivity index (χ0n) is 20.0. The zero-order chi connectivity index (χ0) is 23.5. The number of hydrogen-bond acceptors (Lipinski definition) is 4. The van der Waals surface area contributed by atoms with E-state index in [2.05, 4.69) is 48.0 Å². The fourth-order valence-electron chi connectivity index (χ4n) is 4.55. The number of phenolic OH excluding ortho intramolecular Hbond substituents is 1. The first-order chi connectivity index (χ1) is 15.8. The molecule has 1 aliphatic rings. The molecule has 172 valence electrons. The molecule has 3 aromatic rings. The van der Waals surface area contributed by atoms with E-state index in [1.807, 2.05) is 49.5 Å². The molecule has 1 unspecified atom stereocenters. The van der Waals surface area contributed by atoms with Gasteiger partial charge in [0, 0.05) is 25.5 Å². The molecule has 0 aliphatic heterocycles. The molecule has 4 rings (SSSR count). The summed E-state index contributed by atoms with van der Waals surface area (Å²) < 4.78 is 0. The van der Waals surface area contributed by atoms with E-state index < -0.39 is 0 Å². The van der Waals surface area contributed by atoms with Crippen LogP contribution in [0.15, 0.2) is 60.8 Å². The summed E-state index contributed by atoms with van der Waals surface area (Å²) in [7, 11) is 4.03. The fourth-order valence-corrected chi connectivity index (χ4v) is 4.55. The van der Waals surface area contributed by atoms with E-state index in [1.54, 1.807) is 6.07 Å². The second kappa shape index (κ2) is 9.65. The standard InChI is InChI=1S/C28H33N3O2/c1-19(2)26-16-15-22(17-29-26)31(18-20-11-13-21(14-12-20)30(3)4)28(33)25-9-5-8-24-23(25)7-6-10-27(24)32/h6-7,10-17,19,25,32H,5,8-9,18H2,1-4H3. The van der Waals surface area contributed by atoms with Crippen LogP contribution in [0.1, 0.15) is 60.9 Å². The minimum Gasteiger partial charge on any atom is -0.508 e. The SMILES string of the molecule is CC(C)c1ccc(N(Cc2ccc(N(C)C)cc2)C(=O)C2CCCc3c(O)cccc32)cn1. The molecule has 5 heteroatoms. The summed E-state index contributed by atoms with van der Waals surface area (Å²) >= 11 is 0. The van der Waals surface area contributed by atoms with Crippen molar-refractivity contribution in [1.82, 2.24) is 4.98 Å². The lowest BCUT2D eigenvalue weighted by Gasteiger charge is -2.31. The molecule has 33 heavy (non-hydrogen) atoms. The second-order valence-corrected chi connectivity index (χ2v) is 9.37. The first-order valence-electron chi connectivity index (χ1n) is 11.7. The van der Waals surface area contributed by atoms with Crippen molar-refractivity contribution >= 4 is 17.3 Å². The highest BCUT2D eigenvalue weighted by Gasteiger charge is 2.32. The molecular weight excluding hydrogens is 410 g/mol. The van der Waals surface area contributed by atoms with Gasteiger partial charge in [0.15, 0.2) is 0 Å². The van der Waals surface area contributed by atoms with Crippen LogP contribution in [0.3, 0.4) is 0 Å². The molecule has 5 nitrogen and oxygen atoms in total. The Morgan fingerprint density at radius 1 is 1.06 bits per heavy atom. The molecule has 0 radical (unpaired) electrons. The number of anilines is 2. The van der Waals surface area contributed by atoms with Gasteiger partial charge in [-0.3, -0.25) is 9.78 Å². The van der Waals surface area contributed by atoms with Gasteiger partial charge in [0.05, 0.1) is 24.3 Å². The molecule has 1 heterocycles. The number of phenols is 1. The second-order valence-electron chi connectivity index (χ2n) is 9.37. The average Bonchev–Trinajstić information content (AvgIpc) is 2.82. The topological polar surface area (TPSA) is 56.7 Å². The van der Waals surface area contributed by atoms with Crippen LogP contribution in [0.5, 0.6) is 5.75 Å². The minimum absolute atomic E-state index is 0.0531. The van der Waals surface area contributed by atoms with Gasteiger partial charge in [0.25, 0.3) is 0 Å². The van der Waals surface area contributed by atoms with Crippen LogP contribution >= 0.6 is 0 Å². The third-order valence-corrected chi connectivity index (χ3v) is 6.51. The van der Waals surface area contributed by atoms with Crippen molar-refractivity contribution in [3.05, 3.63) is 83.2 Å². The van der Waals surface area contributed by atoms with Gasteiger partial charge < -0.3 is 14.9 Å². The van der Waals surface area contributed by atoms with Crippen LogP contribution < -0.4 is 9.80 Å². The number of fused-ring (bicyclic) bond motifs is 1. The lowest BCUT2D eigenvalue weighted by atomic mass is 9.81. The van der Waals surface area contributed by atoms with Gasteiger partial charge in [0.2, 0.25) is 5.91 Å². The lowest BCUT2D eigenvalue weighted by molar-refractivity contribution is -0.120. The average molecular weight is 444 g/mol. The summed E-state index contributed by atoms with van der Waals surface area (Å²) in [5, 5.41) is 10.4. The van der Waals surface area contributed by atoms with Gasteiger partial charge >= 0.3 is 0 Å². The third kappa shape index (κ3) is 4.87. The van der Waals surface area contributed by atoms with Crippen LogP contribution in [0.4, 0.5) is 11.4 Å². The monoisotopic (exact) mass is 443 g/mol. The number of pyridine rings is 1. The first-order valence-corrected chi connectivity index (χ1v) is 11.7. The Bertz CT molecular complexity index is 1100. The van der Waals surface area contributed by atoms with Crippen molar-refractivity contribution in [3.63, 3.8) is 0 Å². The van der Waals surface area contributed by atoms with Crippen LogP contribution in [0.25, 0.3) is 0 Å². The van der Waals surface area contributed by atoms with Crippen molar-refractivity contribution < 1.29 is 9.90 Å². The van der Waals surface area contributed by atoms with Crippen molar-refractivity contribution in [3.8, 4) is 5.75 Å². The molecule has 0 bridgehead atoms. The van der Waals surface area contributed by atoms with E-state index in [1.165, 1.54) is 0 Å². The summed E-state index contributed by atoms with van der Waals surface area (Å²) in [6, 6.07) is 17.8. The van der Waals surface area contributed by atoms with E-state index in [-0.39, 0.29) is 11.8 Å². The Kier molecular flexibility index (Phi) is 6.68. The molecule has 0 spiro atoms. The van der Waals surface area contributed by atoms with Gasteiger partial charge in [-0.2, -0.15) is 0 Å². The molecule has 0 fully saturated rings. The number of aromatic hydroxyl groups is 1. The van der Waals surface area contributed by atoms with Gasteiger partial charge in [0.1, 0.15) is 5.75 Å².